The van der Waals surface area contributed by atoms with E-state index in [-0.39, 0.29) is 0 Å². The molecule has 0 bridgehead atoms. The highest BCUT2D eigenvalue weighted by atomic mass is 16.5. The second kappa shape index (κ2) is 6.16. The molecular weight excluding hydrogens is 304 g/mol. The topological polar surface area (TPSA) is 69.0 Å². The minimum absolute atomic E-state index is 0.649. The van der Waals surface area contributed by atoms with Gasteiger partial charge in [0, 0.05) is 13.1 Å². The van der Waals surface area contributed by atoms with Crippen molar-refractivity contribution in [1.29, 1.82) is 0 Å². The van der Waals surface area contributed by atoms with Crippen LogP contribution in [0.2, 0.25) is 0 Å². The quantitative estimate of drug-likeness (QED) is 0.731. The summed E-state index contributed by atoms with van der Waals surface area (Å²) in [5.74, 6) is 1.59. The van der Waals surface area contributed by atoms with Crippen LogP contribution in [-0.2, 0) is 11.3 Å². The third-order valence-electron chi connectivity index (χ3n) is 4.22. The lowest BCUT2D eigenvalue weighted by Gasteiger charge is -2.27. The Balaban J connectivity index is 1.72. The Labute approximate surface area is 140 Å². The Bertz CT molecular complexity index is 851. The number of fused-ring (bicyclic) bond motifs is 1. The van der Waals surface area contributed by atoms with Crippen molar-refractivity contribution in [3.63, 3.8) is 0 Å². The summed E-state index contributed by atoms with van der Waals surface area (Å²) in [4.78, 5) is 11.4. The molecule has 1 aliphatic heterocycles. The van der Waals surface area contributed by atoms with Gasteiger partial charge in [0.15, 0.2) is 17.0 Å². The lowest BCUT2D eigenvalue weighted by Crippen LogP contribution is -2.37. The molecule has 0 radical (unpaired) electrons. The smallest absolute Gasteiger partial charge is 0.184 e. The first-order valence-corrected chi connectivity index (χ1v) is 8.17. The normalized spacial score (nSPS) is 15.2. The molecule has 0 saturated carbocycles. The number of aryl methyl sites for hydroxylation is 2. The van der Waals surface area contributed by atoms with E-state index >= 15 is 0 Å². The molecule has 3 aromatic rings. The highest BCUT2D eigenvalue weighted by Gasteiger charge is 2.20. The van der Waals surface area contributed by atoms with Crippen LogP contribution in [0.25, 0.3) is 11.2 Å². The van der Waals surface area contributed by atoms with E-state index in [1.165, 1.54) is 11.1 Å². The molecule has 0 spiro atoms. The van der Waals surface area contributed by atoms with E-state index in [4.69, 9.17) is 4.74 Å². The lowest BCUT2D eigenvalue weighted by atomic mass is 10.1. The standard InChI is InChI=1S/C17H20N6O/c1-12-3-5-14(6-4-12)11-23-17-15(20-21-23)16(18-13(2)19-17)22-7-9-24-10-8-22/h3-6H,7-11H2,1-2H3. The van der Waals surface area contributed by atoms with Crippen LogP contribution < -0.4 is 4.90 Å². The largest absolute Gasteiger partial charge is 0.378 e. The summed E-state index contributed by atoms with van der Waals surface area (Å²) < 4.78 is 7.28. The number of aromatic nitrogens is 5. The van der Waals surface area contributed by atoms with E-state index < -0.39 is 0 Å². The minimum atomic E-state index is 0.649. The second-order valence-corrected chi connectivity index (χ2v) is 6.10. The molecule has 7 heteroatoms. The van der Waals surface area contributed by atoms with Gasteiger partial charge in [0.1, 0.15) is 5.82 Å². The van der Waals surface area contributed by atoms with Gasteiger partial charge in [0.25, 0.3) is 0 Å². The summed E-state index contributed by atoms with van der Waals surface area (Å²) in [6, 6.07) is 8.43. The van der Waals surface area contributed by atoms with E-state index in [1.807, 2.05) is 11.6 Å². The maximum Gasteiger partial charge on any atom is 0.184 e. The zero-order valence-electron chi connectivity index (χ0n) is 13.9. The van der Waals surface area contributed by atoms with Crippen molar-refractivity contribution >= 4 is 17.0 Å². The molecular formula is C17H20N6O. The summed E-state index contributed by atoms with van der Waals surface area (Å²) in [6.07, 6.45) is 0. The highest BCUT2D eigenvalue weighted by molar-refractivity contribution is 5.83. The fourth-order valence-corrected chi connectivity index (χ4v) is 2.92. The predicted octanol–water partition coefficient (Wildman–Crippen LogP) is 1.72. The Morgan fingerprint density at radius 1 is 1.04 bits per heavy atom. The molecule has 0 unspecified atom stereocenters. The van der Waals surface area contributed by atoms with Gasteiger partial charge in [0.05, 0.1) is 19.8 Å². The van der Waals surface area contributed by atoms with Crippen molar-refractivity contribution in [1.82, 2.24) is 25.0 Å². The van der Waals surface area contributed by atoms with E-state index in [0.717, 1.165) is 35.9 Å². The number of hydrogen-bond acceptors (Lipinski definition) is 6. The van der Waals surface area contributed by atoms with Gasteiger partial charge in [-0.3, -0.25) is 0 Å². The summed E-state index contributed by atoms with van der Waals surface area (Å²) in [6.45, 7) is 7.69. The molecule has 0 N–H and O–H groups in total. The predicted molar refractivity (Wildman–Crippen MR) is 91.2 cm³/mol. The van der Waals surface area contributed by atoms with Crippen LogP contribution in [0.15, 0.2) is 24.3 Å². The Kier molecular flexibility index (Phi) is 3.86. The lowest BCUT2D eigenvalue weighted by molar-refractivity contribution is 0.122. The highest BCUT2D eigenvalue weighted by Crippen LogP contribution is 2.23. The molecule has 0 amide bonds. The zero-order valence-corrected chi connectivity index (χ0v) is 13.9. The van der Waals surface area contributed by atoms with Gasteiger partial charge in [-0.1, -0.05) is 35.0 Å². The van der Waals surface area contributed by atoms with Gasteiger partial charge < -0.3 is 9.64 Å². The summed E-state index contributed by atoms with van der Waals surface area (Å²) in [5, 5.41) is 8.67. The van der Waals surface area contributed by atoms with Crippen molar-refractivity contribution < 1.29 is 4.74 Å². The molecule has 24 heavy (non-hydrogen) atoms. The number of nitrogens with zero attached hydrogens (tertiary/aromatic N) is 6. The minimum Gasteiger partial charge on any atom is -0.378 e. The molecule has 1 fully saturated rings. The Morgan fingerprint density at radius 3 is 2.54 bits per heavy atom. The average Bonchev–Trinajstić information content (AvgIpc) is 3.00. The third-order valence-corrected chi connectivity index (χ3v) is 4.22. The first kappa shape index (κ1) is 15.0. The molecule has 124 valence electrons. The van der Waals surface area contributed by atoms with E-state index in [2.05, 4.69) is 56.4 Å². The van der Waals surface area contributed by atoms with Crippen molar-refractivity contribution in [3.05, 3.63) is 41.2 Å². The number of benzene rings is 1. The molecule has 1 saturated heterocycles. The zero-order chi connectivity index (χ0) is 16.5. The van der Waals surface area contributed by atoms with Crippen LogP contribution in [0.3, 0.4) is 0 Å². The van der Waals surface area contributed by atoms with Gasteiger partial charge in [-0.25, -0.2) is 14.6 Å². The number of rotatable bonds is 3. The maximum absolute atomic E-state index is 5.43. The van der Waals surface area contributed by atoms with E-state index in [9.17, 15) is 0 Å². The fraction of sp³-hybridized carbons (Fsp3) is 0.412. The summed E-state index contributed by atoms with van der Waals surface area (Å²) in [5.41, 5.74) is 3.96. The number of anilines is 1. The van der Waals surface area contributed by atoms with E-state index in [0.29, 0.717) is 19.8 Å². The van der Waals surface area contributed by atoms with E-state index in [1.54, 1.807) is 0 Å². The molecule has 1 aliphatic rings. The number of hydrogen-bond donors (Lipinski definition) is 0. The van der Waals surface area contributed by atoms with Gasteiger partial charge >= 0.3 is 0 Å². The van der Waals surface area contributed by atoms with Crippen molar-refractivity contribution in [2.24, 2.45) is 0 Å². The van der Waals surface area contributed by atoms with Gasteiger partial charge in [0.2, 0.25) is 0 Å². The molecule has 0 aliphatic carbocycles. The third kappa shape index (κ3) is 2.82. The van der Waals surface area contributed by atoms with Crippen molar-refractivity contribution in [2.75, 3.05) is 31.2 Å². The molecule has 7 nitrogen and oxygen atoms in total. The maximum atomic E-state index is 5.43. The molecule has 1 aromatic carbocycles. The molecule has 3 heterocycles. The monoisotopic (exact) mass is 324 g/mol. The van der Waals surface area contributed by atoms with Crippen molar-refractivity contribution in [3.8, 4) is 0 Å². The van der Waals surface area contributed by atoms with Crippen molar-refractivity contribution in [2.45, 2.75) is 20.4 Å². The molecule has 0 atom stereocenters. The first-order chi connectivity index (χ1) is 11.7. The van der Waals surface area contributed by atoms with Gasteiger partial charge in [-0.2, -0.15) is 0 Å². The number of ether oxygens (including phenoxy) is 1. The second-order valence-electron chi connectivity index (χ2n) is 6.10. The fourth-order valence-electron chi connectivity index (χ4n) is 2.92. The average molecular weight is 324 g/mol. The van der Waals surface area contributed by atoms with Crippen LogP contribution in [-0.4, -0.2) is 51.3 Å². The van der Waals surface area contributed by atoms with Crippen LogP contribution in [0.5, 0.6) is 0 Å². The number of morpholine rings is 1. The van der Waals surface area contributed by atoms with Crippen LogP contribution in [0.4, 0.5) is 5.82 Å². The first-order valence-electron chi connectivity index (χ1n) is 8.17. The van der Waals surface area contributed by atoms with Crippen LogP contribution in [0, 0.1) is 13.8 Å². The summed E-state index contributed by atoms with van der Waals surface area (Å²) >= 11 is 0. The van der Waals surface area contributed by atoms with Crippen LogP contribution in [0.1, 0.15) is 17.0 Å². The van der Waals surface area contributed by atoms with Gasteiger partial charge in [-0.15, -0.1) is 5.10 Å². The Hall–Kier alpha value is -2.54. The molecule has 2 aromatic heterocycles. The molecule has 4 rings (SSSR count). The SMILES string of the molecule is Cc1ccc(Cn2nnc3c(N4CCOCC4)nc(C)nc32)cc1. The van der Waals surface area contributed by atoms with Gasteiger partial charge in [-0.05, 0) is 19.4 Å². The van der Waals surface area contributed by atoms with Crippen LogP contribution >= 0.6 is 0 Å². The summed E-state index contributed by atoms with van der Waals surface area (Å²) in [7, 11) is 0. The Morgan fingerprint density at radius 2 is 1.79 bits per heavy atom.